The lowest BCUT2D eigenvalue weighted by atomic mass is 9.88. The van der Waals surface area contributed by atoms with Gasteiger partial charge in [-0.15, -0.1) is 0 Å². The van der Waals surface area contributed by atoms with Gasteiger partial charge in [0, 0.05) is 38.7 Å². The monoisotopic (exact) mass is 340 g/mol. The molecule has 0 N–H and O–H groups in total. The van der Waals surface area contributed by atoms with Crippen LogP contribution in [0.1, 0.15) is 12.0 Å². The first-order valence-corrected chi connectivity index (χ1v) is 8.63. The molecule has 2 aromatic rings. The van der Waals surface area contributed by atoms with Gasteiger partial charge in [-0.25, -0.2) is 0 Å². The van der Waals surface area contributed by atoms with E-state index >= 15 is 0 Å². The molecule has 5 nitrogen and oxygen atoms in total. The van der Waals surface area contributed by atoms with Gasteiger partial charge in [-0.05, 0) is 24.1 Å². The van der Waals surface area contributed by atoms with Crippen LogP contribution in [-0.2, 0) is 16.0 Å². The summed E-state index contributed by atoms with van der Waals surface area (Å²) in [6.45, 7) is 1.51. The third kappa shape index (κ3) is 4.79. The number of likely N-dealkylation sites (tertiary alicyclic amines) is 1. The highest BCUT2D eigenvalue weighted by Crippen LogP contribution is 2.26. The minimum absolute atomic E-state index is 0.0420. The summed E-state index contributed by atoms with van der Waals surface area (Å²) in [5.41, 5.74) is 1.26. The van der Waals surface area contributed by atoms with Crippen LogP contribution in [0.25, 0.3) is 0 Å². The van der Waals surface area contributed by atoms with Crippen molar-refractivity contribution >= 4 is 5.91 Å². The maximum atomic E-state index is 12.2. The van der Waals surface area contributed by atoms with Crippen molar-refractivity contribution in [2.45, 2.75) is 18.9 Å². The van der Waals surface area contributed by atoms with Crippen molar-refractivity contribution in [3.8, 4) is 5.75 Å². The number of carbonyl (C=O) groups excluding carboxylic acids is 1. The Balaban J connectivity index is 1.72. The zero-order valence-corrected chi connectivity index (χ0v) is 14.5. The van der Waals surface area contributed by atoms with E-state index in [0.717, 1.165) is 18.6 Å². The number of carbonyl (C=O) groups is 1. The summed E-state index contributed by atoms with van der Waals surface area (Å²) in [5, 5.41) is 0. The van der Waals surface area contributed by atoms with Gasteiger partial charge >= 0.3 is 0 Å². The predicted molar refractivity (Wildman–Crippen MR) is 95.4 cm³/mol. The number of pyridine rings is 1. The fraction of sp³-hybridized carbons (Fsp3) is 0.400. The third-order valence-electron chi connectivity index (χ3n) is 4.55. The maximum Gasteiger partial charge on any atom is 0.248 e. The highest BCUT2D eigenvalue weighted by atomic mass is 16.5. The fourth-order valence-electron chi connectivity index (χ4n) is 3.31. The number of methoxy groups -OCH3 is 1. The Hall–Kier alpha value is -2.40. The number of amides is 1. The Morgan fingerprint density at radius 2 is 2.08 bits per heavy atom. The summed E-state index contributed by atoms with van der Waals surface area (Å²) >= 11 is 0. The van der Waals surface area contributed by atoms with Crippen molar-refractivity contribution in [1.29, 1.82) is 0 Å². The van der Waals surface area contributed by atoms with Crippen molar-refractivity contribution in [1.82, 2.24) is 9.88 Å². The van der Waals surface area contributed by atoms with Crippen LogP contribution in [0.2, 0.25) is 0 Å². The standard InChI is InChI=1S/C20H24N2O3/c1-24-15-20(23)22-11-9-19(25-18-8-5-10-21-13-18)17(14-22)12-16-6-3-2-4-7-16/h2-8,10,13,17,19H,9,11-12,14-15H2,1H3/t17-,19-/m1/s1. The highest BCUT2D eigenvalue weighted by molar-refractivity contribution is 5.77. The average molecular weight is 340 g/mol. The molecule has 25 heavy (non-hydrogen) atoms. The summed E-state index contributed by atoms with van der Waals surface area (Å²) in [6, 6.07) is 14.1. The number of ether oxygens (including phenoxy) is 2. The van der Waals surface area contributed by atoms with E-state index in [0.29, 0.717) is 13.1 Å². The molecule has 2 atom stereocenters. The molecule has 5 heteroatoms. The number of rotatable bonds is 6. The zero-order chi connectivity index (χ0) is 17.5. The van der Waals surface area contributed by atoms with Crippen LogP contribution in [0.15, 0.2) is 54.9 Å². The van der Waals surface area contributed by atoms with E-state index < -0.39 is 0 Å². The second-order valence-corrected chi connectivity index (χ2v) is 6.36. The zero-order valence-electron chi connectivity index (χ0n) is 14.5. The molecule has 1 aromatic heterocycles. The molecule has 1 saturated heterocycles. The Morgan fingerprint density at radius 3 is 2.80 bits per heavy atom. The van der Waals surface area contributed by atoms with E-state index in [-0.39, 0.29) is 24.5 Å². The SMILES string of the molecule is COCC(=O)N1CC[C@@H](Oc2cccnc2)[C@H](Cc2ccccc2)C1. The van der Waals surface area contributed by atoms with Gasteiger partial charge in [0.1, 0.15) is 18.5 Å². The molecule has 132 valence electrons. The van der Waals surface area contributed by atoms with Crippen LogP contribution >= 0.6 is 0 Å². The minimum atomic E-state index is 0.0420. The molecular weight excluding hydrogens is 316 g/mol. The van der Waals surface area contributed by atoms with Crippen LogP contribution in [-0.4, -0.2) is 48.7 Å². The van der Waals surface area contributed by atoms with Crippen molar-refractivity contribution in [3.05, 3.63) is 60.4 Å². The first kappa shape index (κ1) is 17.4. The van der Waals surface area contributed by atoms with Gasteiger partial charge in [-0.3, -0.25) is 9.78 Å². The van der Waals surface area contributed by atoms with Crippen LogP contribution in [0, 0.1) is 5.92 Å². The predicted octanol–water partition coefficient (Wildman–Crippen LogP) is 2.57. The molecule has 0 aliphatic carbocycles. The van der Waals surface area contributed by atoms with E-state index in [1.54, 1.807) is 19.5 Å². The molecule has 0 spiro atoms. The number of benzene rings is 1. The summed E-state index contributed by atoms with van der Waals surface area (Å²) in [4.78, 5) is 18.2. The molecule has 1 aromatic carbocycles. The number of hydrogen-bond donors (Lipinski definition) is 0. The Labute approximate surface area is 148 Å². The van der Waals surface area contributed by atoms with Crippen LogP contribution in [0.5, 0.6) is 5.75 Å². The first-order valence-electron chi connectivity index (χ1n) is 8.63. The molecule has 1 amide bonds. The van der Waals surface area contributed by atoms with Crippen LogP contribution in [0.4, 0.5) is 0 Å². The number of nitrogens with zero attached hydrogens (tertiary/aromatic N) is 2. The maximum absolute atomic E-state index is 12.2. The van der Waals surface area contributed by atoms with Crippen molar-refractivity contribution in [2.24, 2.45) is 5.92 Å². The molecule has 1 aliphatic heterocycles. The second-order valence-electron chi connectivity index (χ2n) is 6.36. The smallest absolute Gasteiger partial charge is 0.248 e. The topological polar surface area (TPSA) is 51.7 Å². The van der Waals surface area contributed by atoms with Crippen molar-refractivity contribution in [2.75, 3.05) is 26.8 Å². The summed E-state index contributed by atoms with van der Waals surface area (Å²) < 4.78 is 11.2. The van der Waals surface area contributed by atoms with Crippen molar-refractivity contribution in [3.63, 3.8) is 0 Å². The average Bonchev–Trinajstić information content (AvgIpc) is 2.65. The third-order valence-corrected chi connectivity index (χ3v) is 4.55. The lowest BCUT2D eigenvalue weighted by Gasteiger charge is -2.38. The van der Waals surface area contributed by atoms with E-state index in [2.05, 4.69) is 17.1 Å². The summed E-state index contributed by atoms with van der Waals surface area (Å²) in [7, 11) is 1.55. The Kier molecular flexibility index (Phi) is 6.01. The van der Waals surface area contributed by atoms with E-state index in [9.17, 15) is 4.79 Å². The quantitative estimate of drug-likeness (QED) is 0.811. The molecule has 3 rings (SSSR count). The lowest BCUT2D eigenvalue weighted by Crippen LogP contribution is -2.49. The highest BCUT2D eigenvalue weighted by Gasteiger charge is 2.33. The molecular formula is C20H24N2O3. The molecule has 1 fully saturated rings. The first-order chi connectivity index (χ1) is 12.3. The molecule has 0 bridgehead atoms. The number of hydrogen-bond acceptors (Lipinski definition) is 4. The molecule has 0 radical (unpaired) electrons. The van der Waals surface area contributed by atoms with Gasteiger partial charge in [0.2, 0.25) is 5.91 Å². The van der Waals surface area contributed by atoms with E-state index in [1.165, 1.54) is 5.56 Å². The molecule has 2 heterocycles. The minimum Gasteiger partial charge on any atom is -0.488 e. The summed E-state index contributed by atoms with van der Waals surface area (Å²) in [6.07, 6.45) is 5.23. The van der Waals surface area contributed by atoms with E-state index in [4.69, 9.17) is 9.47 Å². The Bertz CT molecular complexity index is 663. The van der Waals surface area contributed by atoms with Crippen molar-refractivity contribution < 1.29 is 14.3 Å². The fourth-order valence-corrected chi connectivity index (χ4v) is 3.31. The molecule has 0 saturated carbocycles. The van der Waals surface area contributed by atoms with E-state index in [1.807, 2.05) is 35.2 Å². The van der Waals surface area contributed by atoms with Gasteiger partial charge in [0.05, 0.1) is 6.20 Å². The van der Waals surface area contributed by atoms with Gasteiger partial charge in [0.15, 0.2) is 0 Å². The molecule has 1 aliphatic rings. The van der Waals surface area contributed by atoms with Crippen LogP contribution in [0.3, 0.4) is 0 Å². The Morgan fingerprint density at radius 1 is 1.24 bits per heavy atom. The van der Waals surface area contributed by atoms with Gasteiger partial charge < -0.3 is 14.4 Å². The van der Waals surface area contributed by atoms with Gasteiger partial charge in [0.25, 0.3) is 0 Å². The molecule has 0 unspecified atom stereocenters. The normalized spacial score (nSPS) is 20.3. The lowest BCUT2D eigenvalue weighted by molar-refractivity contribution is -0.138. The summed E-state index contributed by atoms with van der Waals surface area (Å²) in [5.74, 6) is 1.06. The number of aromatic nitrogens is 1. The van der Waals surface area contributed by atoms with Gasteiger partial charge in [-0.2, -0.15) is 0 Å². The largest absolute Gasteiger partial charge is 0.488 e. The van der Waals surface area contributed by atoms with Crippen LogP contribution < -0.4 is 4.74 Å². The van der Waals surface area contributed by atoms with Gasteiger partial charge in [-0.1, -0.05) is 30.3 Å². The second kappa shape index (κ2) is 8.62. The number of piperidine rings is 1.